The van der Waals surface area contributed by atoms with Crippen LogP contribution in [0.2, 0.25) is 5.02 Å². The molecule has 0 aliphatic carbocycles. The van der Waals surface area contributed by atoms with Crippen LogP contribution in [0.1, 0.15) is 36.4 Å². The lowest BCUT2D eigenvalue weighted by Gasteiger charge is -2.31. The summed E-state index contributed by atoms with van der Waals surface area (Å²) in [5.74, 6) is -0.0567. The monoisotopic (exact) mass is 385 g/mol. The van der Waals surface area contributed by atoms with E-state index in [0.29, 0.717) is 11.6 Å². The van der Waals surface area contributed by atoms with Gasteiger partial charge in [-0.1, -0.05) is 54.1 Å². The molecular formula is C21H24ClN3O2. The maximum Gasteiger partial charge on any atom is 0.315 e. The summed E-state index contributed by atoms with van der Waals surface area (Å²) in [6, 6.07) is 15.6. The molecule has 1 fully saturated rings. The fraction of sp³-hybridized carbons (Fsp3) is 0.333. The SMILES string of the molecule is O=C(NCc1cccc(Cl)c1)N[C@H](C(=O)N1CCCCC1)c1ccccc1. The van der Waals surface area contributed by atoms with Gasteiger partial charge in [0.2, 0.25) is 5.91 Å². The second kappa shape index (κ2) is 9.42. The minimum absolute atomic E-state index is 0.0567. The van der Waals surface area contributed by atoms with Crippen molar-refractivity contribution in [2.45, 2.75) is 31.8 Å². The van der Waals surface area contributed by atoms with Gasteiger partial charge in [-0.2, -0.15) is 0 Å². The summed E-state index contributed by atoms with van der Waals surface area (Å²) < 4.78 is 0. The first kappa shape index (κ1) is 19.2. The van der Waals surface area contributed by atoms with Gasteiger partial charge in [0.05, 0.1) is 0 Å². The number of likely N-dealkylation sites (tertiary alicyclic amines) is 1. The number of rotatable bonds is 5. The van der Waals surface area contributed by atoms with Crippen LogP contribution in [0.5, 0.6) is 0 Å². The Hall–Kier alpha value is -2.53. The van der Waals surface area contributed by atoms with Crippen molar-refractivity contribution in [3.8, 4) is 0 Å². The number of amides is 3. The maximum atomic E-state index is 13.0. The fourth-order valence-corrected chi connectivity index (χ4v) is 3.45. The molecule has 1 aliphatic rings. The molecule has 0 radical (unpaired) electrons. The molecule has 3 rings (SSSR count). The van der Waals surface area contributed by atoms with Gasteiger partial charge in [0.1, 0.15) is 6.04 Å². The van der Waals surface area contributed by atoms with Crippen LogP contribution in [0.4, 0.5) is 4.79 Å². The Labute approximate surface area is 164 Å². The first-order valence-corrected chi connectivity index (χ1v) is 9.64. The number of urea groups is 1. The minimum atomic E-state index is -0.691. The van der Waals surface area contributed by atoms with Crippen molar-refractivity contribution < 1.29 is 9.59 Å². The van der Waals surface area contributed by atoms with Crippen LogP contribution >= 0.6 is 11.6 Å². The zero-order valence-corrected chi connectivity index (χ0v) is 15.9. The van der Waals surface area contributed by atoms with Gasteiger partial charge < -0.3 is 15.5 Å². The molecule has 1 aliphatic heterocycles. The summed E-state index contributed by atoms with van der Waals surface area (Å²) in [6.45, 7) is 1.83. The molecule has 2 aromatic carbocycles. The topological polar surface area (TPSA) is 61.4 Å². The lowest BCUT2D eigenvalue weighted by Crippen LogP contribution is -2.47. The Morgan fingerprint density at radius 3 is 2.44 bits per heavy atom. The van der Waals surface area contributed by atoms with E-state index in [1.807, 2.05) is 47.4 Å². The van der Waals surface area contributed by atoms with Crippen LogP contribution in [0.3, 0.4) is 0 Å². The highest BCUT2D eigenvalue weighted by atomic mass is 35.5. The summed E-state index contributed by atoms with van der Waals surface area (Å²) in [4.78, 5) is 27.3. The van der Waals surface area contributed by atoms with Crippen molar-refractivity contribution in [3.63, 3.8) is 0 Å². The third kappa shape index (κ3) is 5.47. The summed E-state index contributed by atoms with van der Waals surface area (Å²) in [5, 5.41) is 6.27. The standard InChI is InChI=1S/C21H24ClN3O2/c22-18-11-7-8-16(14-18)15-23-21(27)24-19(17-9-3-1-4-10-17)20(26)25-12-5-2-6-13-25/h1,3-4,7-11,14,19H,2,5-6,12-13,15H2,(H2,23,24,27)/t19-/m0/s1. The van der Waals surface area contributed by atoms with Crippen molar-refractivity contribution >= 4 is 23.5 Å². The number of hydrogen-bond acceptors (Lipinski definition) is 2. The molecular weight excluding hydrogens is 362 g/mol. The van der Waals surface area contributed by atoms with Crippen LogP contribution in [0.15, 0.2) is 54.6 Å². The van der Waals surface area contributed by atoms with E-state index in [9.17, 15) is 9.59 Å². The zero-order valence-electron chi connectivity index (χ0n) is 15.2. The normalized spacial score (nSPS) is 15.1. The smallest absolute Gasteiger partial charge is 0.315 e. The van der Waals surface area contributed by atoms with E-state index in [1.54, 1.807) is 12.1 Å². The van der Waals surface area contributed by atoms with Crippen molar-refractivity contribution in [1.29, 1.82) is 0 Å². The van der Waals surface area contributed by atoms with Crippen LogP contribution in [-0.2, 0) is 11.3 Å². The molecule has 0 spiro atoms. The van der Waals surface area contributed by atoms with Crippen molar-refractivity contribution in [2.75, 3.05) is 13.1 Å². The Morgan fingerprint density at radius 2 is 1.74 bits per heavy atom. The largest absolute Gasteiger partial charge is 0.341 e. The molecule has 6 heteroatoms. The molecule has 2 aromatic rings. The molecule has 142 valence electrons. The first-order chi connectivity index (χ1) is 13.1. The van der Waals surface area contributed by atoms with Gasteiger partial charge in [-0.15, -0.1) is 0 Å². The number of nitrogens with one attached hydrogen (secondary N) is 2. The van der Waals surface area contributed by atoms with Gasteiger partial charge in [0.15, 0.2) is 0 Å². The van der Waals surface area contributed by atoms with Gasteiger partial charge >= 0.3 is 6.03 Å². The summed E-state index contributed by atoms with van der Waals surface area (Å²) in [6.07, 6.45) is 3.16. The van der Waals surface area contributed by atoms with E-state index in [1.165, 1.54) is 0 Å². The van der Waals surface area contributed by atoms with Gasteiger partial charge in [-0.3, -0.25) is 4.79 Å². The third-order valence-corrected chi connectivity index (χ3v) is 4.90. The molecule has 5 nitrogen and oxygen atoms in total. The first-order valence-electron chi connectivity index (χ1n) is 9.26. The molecule has 2 N–H and O–H groups in total. The van der Waals surface area contributed by atoms with Gasteiger partial charge in [0, 0.05) is 24.7 Å². The molecule has 3 amide bonds. The molecule has 27 heavy (non-hydrogen) atoms. The number of nitrogens with zero attached hydrogens (tertiary/aromatic N) is 1. The quantitative estimate of drug-likeness (QED) is 0.820. The highest BCUT2D eigenvalue weighted by molar-refractivity contribution is 6.30. The lowest BCUT2D eigenvalue weighted by atomic mass is 10.0. The van der Waals surface area contributed by atoms with E-state index < -0.39 is 6.04 Å². The molecule has 1 heterocycles. The van der Waals surface area contributed by atoms with Crippen LogP contribution in [0, 0.1) is 0 Å². The van der Waals surface area contributed by atoms with E-state index >= 15 is 0 Å². The zero-order chi connectivity index (χ0) is 19.1. The molecule has 0 aromatic heterocycles. The number of halogens is 1. The van der Waals surface area contributed by atoms with E-state index in [4.69, 9.17) is 11.6 Å². The van der Waals surface area contributed by atoms with Crippen molar-refractivity contribution in [2.24, 2.45) is 0 Å². The van der Waals surface area contributed by atoms with Crippen LogP contribution < -0.4 is 10.6 Å². The average Bonchev–Trinajstić information content (AvgIpc) is 2.71. The lowest BCUT2D eigenvalue weighted by molar-refractivity contribution is -0.134. The van der Waals surface area contributed by atoms with E-state index in [-0.39, 0.29) is 11.9 Å². The van der Waals surface area contributed by atoms with E-state index in [2.05, 4.69) is 10.6 Å². The second-order valence-corrected chi connectivity index (χ2v) is 7.12. The number of piperidine rings is 1. The maximum absolute atomic E-state index is 13.0. The Morgan fingerprint density at radius 1 is 1.00 bits per heavy atom. The van der Waals surface area contributed by atoms with Crippen LogP contribution in [-0.4, -0.2) is 29.9 Å². The minimum Gasteiger partial charge on any atom is -0.341 e. The number of carbonyl (C=O) groups is 2. The predicted octanol–water partition coefficient (Wildman–Crippen LogP) is 3.89. The Balaban J connectivity index is 1.67. The van der Waals surface area contributed by atoms with Crippen molar-refractivity contribution in [1.82, 2.24) is 15.5 Å². The average molecular weight is 386 g/mol. The summed E-state index contributed by atoms with van der Waals surface area (Å²) in [5.41, 5.74) is 1.68. The van der Waals surface area contributed by atoms with Crippen LogP contribution in [0.25, 0.3) is 0 Å². The van der Waals surface area contributed by atoms with E-state index in [0.717, 1.165) is 43.5 Å². The summed E-state index contributed by atoms with van der Waals surface area (Å²) >= 11 is 5.97. The molecule has 1 atom stereocenters. The number of hydrogen-bond donors (Lipinski definition) is 2. The Kier molecular flexibility index (Phi) is 6.71. The van der Waals surface area contributed by atoms with Crippen molar-refractivity contribution in [3.05, 3.63) is 70.7 Å². The number of benzene rings is 2. The van der Waals surface area contributed by atoms with Gasteiger partial charge in [-0.05, 0) is 42.5 Å². The number of carbonyl (C=O) groups excluding carboxylic acids is 2. The summed E-state index contributed by atoms with van der Waals surface area (Å²) in [7, 11) is 0. The second-order valence-electron chi connectivity index (χ2n) is 6.69. The predicted molar refractivity (Wildman–Crippen MR) is 106 cm³/mol. The molecule has 0 unspecified atom stereocenters. The van der Waals surface area contributed by atoms with Gasteiger partial charge in [-0.25, -0.2) is 4.79 Å². The molecule has 0 saturated carbocycles. The molecule has 1 saturated heterocycles. The fourth-order valence-electron chi connectivity index (χ4n) is 3.24. The third-order valence-electron chi connectivity index (χ3n) is 4.67. The highest BCUT2D eigenvalue weighted by Crippen LogP contribution is 2.19. The highest BCUT2D eigenvalue weighted by Gasteiger charge is 2.28. The Bertz CT molecular complexity index is 776. The molecule has 0 bridgehead atoms. The van der Waals surface area contributed by atoms with Gasteiger partial charge in [0.25, 0.3) is 0 Å².